The normalized spacial score (nSPS) is 36.0. The van der Waals surface area contributed by atoms with Crippen LogP contribution in [0.25, 0.3) is 0 Å². The molecule has 132 valence electrons. The molecule has 2 aliphatic heterocycles. The standard InChI is InChI=1S/C13H16N2O9/c1-5(16)14-9-10(17)11-7(23-12(9)18)4-21-13(24-11)6-2-3-8(22-6)15(19)20/h2-3,7,9-13,17-18H,4H2,1H3,(H,14,16)/t7?,9-,10-,11?,12+,13?/m1/s1. The number of hydrogen-bond acceptors (Lipinski definition) is 9. The van der Waals surface area contributed by atoms with Crippen molar-refractivity contribution in [3.05, 3.63) is 28.0 Å². The zero-order valence-electron chi connectivity index (χ0n) is 12.5. The average molecular weight is 344 g/mol. The highest BCUT2D eigenvalue weighted by Gasteiger charge is 2.49. The number of aliphatic hydroxyl groups is 2. The summed E-state index contributed by atoms with van der Waals surface area (Å²) in [6.07, 6.45) is -5.45. The fourth-order valence-electron chi connectivity index (χ4n) is 2.71. The van der Waals surface area contributed by atoms with Crippen LogP contribution in [0.15, 0.2) is 16.5 Å². The zero-order chi connectivity index (χ0) is 17.4. The van der Waals surface area contributed by atoms with Crippen molar-refractivity contribution in [2.75, 3.05) is 6.61 Å². The Morgan fingerprint density at radius 3 is 2.75 bits per heavy atom. The summed E-state index contributed by atoms with van der Waals surface area (Å²) in [6.45, 7) is 1.20. The quantitative estimate of drug-likeness (QED) is 0.471. The minimum atomic E-state index is -1.42. The number of nitro groups is 1. The fraction of sp³-hybridized carbons (Fsp3) is 0.615. The van der Waals surface area contributed by atoms with Crippen LogP contribution < -0.4 is 5.32 Å². The van der Waals surface area contributed by atoms with Crippen LogP contribution in [0.3, 0.4) is 0 Å². The summed E-state index contributed by atoms with van der Waals surface area (Å²) in [7, 11) is 0. The zero-order valence-corrected chi connectivity index (χ0v) is 12.5. The third-order valence-corrected chi connectivity index (χ3v) is 3.78. The lowest BCUT2D eigenvalue weighted by Crippen LogP contribution is -2.66. The number of rotatable bonds is 3. The molecule has 0 aromatic carbocycles. The highest BCUT2D eigenvalue weighted by Crippen LogP contribution is 2.35. The maximum atomic E-state index is 11.2. The van der Waals surface area contributed by atoms with Gasteiger partial charge in [-0.1, -0.05) is 0 Å². The number of carbonyl (C=O) groups is 1. The molecule has 3 unspecified atom stereocenters. The van der Waals surface area contributed by atoms with Gasteiger partial charge in [0.05, 0.1) is 12.7 Å². The molecule has 0 aliphatic carbocycles. The molecule has 0 spiro atoms. The molecule has 11 nitrogen and oxygen atoms in total. The summed E-state index contributed by atoms with van der Waals surface area (Å²) >= 11 is 0. The third kappa shape index (κ3) is 3.12. The van der Waals surface area contributed by atoms with Gasteiger partial charge >= 0.3 is 5.88 Å². The first-order valence-electron chi connectivity index (χ1n) is 7.16. The van der Waals surface area contributed by atoms with E-state index in [9.17, 15) is 25.1 Å². The van der Waals surface area contributed by atoms with Crippen molar-refractivity contribution in [3.63, 3.8) is 0 Å². The number of carbonyl (C=O) groups excluding carboxylic acids is 1. The molecular formula is C13H16N2O9. The van der Waals surface area contributed by atoms with E-state index in [1.807, 2.05) is 0 Å². The topological polar surface area (TPSA) is 154 Å². The van der Waals surface area contributed by atoms with Gasteiger partial charge in [-0.25, -0.2) is 0 Å². The van der Waals surface area contributed by atoms with Crippen LogP contribution >= 0.6 is 0 Å². The highest BCUT2D eigenvalue weighted by atomic mass is 16.7. The Balaban J connectivity index is 1.74. The number of fused-ring (bicyclic) bond motifs is 1. The second kappa shape index (κ2) is 6.45. The number of aliphatic hydroxyl groups excluding tert-OH is 2. The highest BCUT2D eigenvalue weighted by molar-refractivity contribution is 5.73. The Kier molecular flexibility index (Phi) is 4.51. The van der Waals surface area contributed by atoms with Gasteiger partial charge in [0, 0.05) is 6.92 Å². The molecule has 0 radical (unpaired) electrons. The summed E-state index contributed by atoms with van der Waals surface area (Å²) in [5.41, 5.74) is 0. The number of nitrogens with one attached hydrogen (secondary N) is 1. The molecule has 1 amide bonds. The van der Waals surface area contributed by atoms with Gasteiger partial charge in [-0.15, -0.1) is 0 Å². The van der Waals surface area contributed by atoms with Gasteiger partial charge < -0.3 is 34.2 Å². The molecule has 3 heterocycles. The van der Waals surface area contributed by atoms with Crippen LogP contribution in [0.5, 0.6) is 0 Å². The number of amides is 1. The van der Waals surface area contributed by atoms with Crippen molar-refractivity contribution in [3.8, 4) is 0 Å². The minimum Gasteiger partial charge on any atom is -0.400 e. The van der Waals surface area contributed by atoms with Gasteiger partial charge in [0.2, 0.25) is 12.2 Å². The van der Waals surface area contributed by atoms with Gasteiger partial charge in [-0.05, 0) is 6.07 Å². The van der Waals surface area contributed by atoms with E-state index in [2.05, 4.69) is 5.32 Å². The number of ether oxygens (including phenoxy) is 3. The van der Waals surface area contributed by atoms with Gasteiger partial charge in [-0.2, -0.15) is 0 Å². The van der Waals surface area contributed by atoms with Crippen LogP contribution in [-0.2, 0) is 19.0 Å². The predicted octanol–water partition coefficient (Wildman–Crippen LogP) is -0.815. The van der Waals surface area contributed by atoms with Gasteiger partial charge in [0.25, 0.3) is 0 Å². The van der Waals surface area contributed by atoms with Crippen LogP contribution in [0.1, 0.15) is 19.0 Å². The summed E-state index contributed by atoms with van der Waals surface area (Å²) < 4.78 is 21.2. The molecule has 2 aliphatic rings. The number of nitrogens with zero attached hydrogens (tertiary/aromatic N) is 1. The van der Waals surface area contributed by atoms with Crippen LogP contribution in [0, 0.1) is 10.1 Å². The molecule has 3 N–H and O–H groups in total. The smallest absolute Gasteiger partial charge is 0.400 e. The lowest BCUT2D eigenvalue weighted by atomic mass is 9.96. The van der Waals surface area contributed by atoms with E-state index in [1.165, 1.54) is 13.0 Å². The van der Waals surface area contributed by atoms with Crippen molar-refractivity contribution in [1.29, 1.82) is 0 Å². The monoisotopic (exact) mass is 344 g/mol. The number of furan rings is 1. The van der Waals surface area contributed by atoms with E-state index in [1.54, 1.807) is 0 Å². The Bertz CT molecular complexity index is 633. The largest absolute Gasteiger partial charge is 0.433 e. The molecule has 1 aromatic rings. The molecule has 6 atom stereocenters. The average Bonchev–Trinajstić information content (AvgIpc) is 3.01. The molecule has 24 heavy (non-hydrogen) atoms. The van der Waals surface area contributed by atoms with Gasteiger partial charge in [0.15, 0.2) is 12.1 Å². The van der Waals surface area contributed by atoms with Crippen molar-refractivity contribution in [1.82, 2.24) is 5.32 Å². The molecular weight excluding hydrogens is 328 g/mol. The maximum absolute atomic E-state index is 11.2. The second-order valence-corrected chi connectivity index (χ2v) is 5.48. The molecule has 2 fully saturated rings. The van der Waals surface area contributed by atoms with Crippen LogP contribution in [0.2, 0.25) is 0 Å². The molecule has 0 bridgehead atoms. The SMILES string of the molecule is CC(=O)N[C@H]1[C@@H](O)OC2COC(c3ccc([N+](=O)[O-])o3)OC2[C@@H]1O. The summed E-state index contributed by atoms with van der Waals surface area (Å²) in [6, 6.07) is 1.42. The van der Waals surface area contributed by atoms with E-state index < -0.39 is 53.6 Å². The first-order valence-corrected chi connectivity index (χ1v) is 7.16. The fourth-order valence-corrected chi connectivity index (χ4v) is 2.71. The predicted molar refractivity (Wildman–Crippen MR) is 73.4 cm³/mol. The van der Waals surface area contributed by atoms with Gasteiger partial charge in [0.1, 0.15) is 29.3 Å². The summed E-state index contributed by atoms with van der Waals surface area (Å²) in [5.74, 6) is -0.855. The second-order valence-electron chi connectivity index (χ2n) is 5.48. The Morgan fingerprint density at radius 2 is 2.12 bits per heavy atom. The summed E-state index contributed by atoms with van der Waals surface area (Å²) in [4.78, 5) is 21.1. The maximum Gasteiger partial charge on any atom is 0.433 e. The van der Waals surface area contributed by atoms with E-state index >= 15 is 0 Å². The first-order chi connectivity index (χ1) is 11.4. The molecule has 2 saturated heterocycles. The lowest BCUT2D eigenvalue weighted by molar-refractivity contribution is -0.403. The van der Waals surface area contributed by atoms with Crippen molar-refractivity contribution in [2.45, 2.75) is 43.9 Å². The van der Waals surface area contributed by atoms with Crippen LogP contribution in [-0.4, -0.2) is 58.3 Å². The first kappa shape index (κ1) is 16.8. The summed E-state index contributed by atoms with van der Waals surface area (Å²) in [5, 5.41) is 33.3. The van der Waals surface area contributed by atoms with E-state index in [4.69, 9.17) is 18.6 Å². The van der Waals surface area contributed by atoms with Gasteiger partial charge in [-0.3, -0.25) is 14.9 Å². The molecule has 11 heteroatoms. The van der Waals surface area contributed by atoms with Crippen molar-refractivity contribution >= 4 is 11.8 Å². The molecule has 1 aromatic heterocycles. The Morgan fingerprint density at radius 1 is 1.38 bits per heavy atom. The van der Waals surface area contributed by atoms with E-state index in [-0.39, 0.29) is 12.4 Å². The minimum absolute atomic E-state index is 0.0370. The number of hydrogen-bond donors (Lipinski definition) is 3. The van der Waals surface area contributed by atoms with E-state index in [0.717, 1.165) is 6.07 Å². The molecule has 3 rings (SSSR count). The molecule has 0 saturated carbocycles. The van der Waals surface area contributed by atoms with E-state index in [0.29, 0.717) is 0 Å². The Hall–Kier alpha value is -2.05. The van der Waals surface area contributed by atoms with Crippen LogP contribution in [0.4, 0.5) is 5.88 Å². The third-order valence-electron chi connectivity index (χ3n) is 3.78. The van der Waals surface area contributed by atoms with Crippen molar-refractivity contribution in [2.24, 2.45) is 0 Å². The lowest BCUT2D eigenvalue weighted by Gasteiger charge is -2.46. The van der Waals surface area contributed by atoms with Crippen molar-refractivity contribution < 1.29 is 38.6 Å². The Labute approximate surface area is 135 Å².